The first kappa shape index (κ1) is 9.80. The minimum absolute atomic E-state index is 0.0247. The highest BCUT2D eigenvalue weighted by Crippen LogP contribution is 2.10. The number of carbonyl (C=O) groups excluding carboxylic acids is 1. The monoisotopic (exact) mass is 183 g/mol. The fourth-order valence-corrected chi connectivity index (χ4v) is 1.02. The molecule has 0 saturated heterocycles. The van der Waals surface area contributed by atoms with Crippen LogP contribution in [-0.2, 0) is 11.2 Å². The predicted molar refractivity (Wildman–Crippen MR) is 47.4 cm³/mol. The van der Waals surface area contributed by atoms with E-state index in [0.29, 0.717) is 12.2 Å². The van der Waals surface area contributed by atoms with Gasteiger partial charge in [-0.15, -0.1) is 0 Å². The van der Waals surface area contributed by atoms with Gasteiger partial charge in [0.05, 0.1) is 7.11 Å². The van der Waals surface area contributed by atoms with Crippen LogP contribution in [0.5, 0.6) is 0 Å². The zero-order valence-electron chi connectivity index (χ0n) is 7.74. The molecule has 1 atom stereocenters. The lowest BCUT2D eigenvalue weighted by molar-refractivity contribution is 0.0563. The summed E-state index contributed by atoms with van der Waals surface area (Å²) in [5.41, 5.74) is 5.57. The second-order valence-corrected chi connectivity index (χ2v) is 2.94. The van der Waals surface area contributed by atoms with Crippen molar-refractivity contribution in [3.8, 4) is 0 Å². The molecule has 0 aliphatic heterocycles. The molecule has 0 unspecified atom stereocenters. The Kier molecular flexibility index (Phi) is 3.08. The summed E-state index contributed by atoms with van der Waals surface area (Å²) < 4.78 is 9.68. The molecule has 1 rings (SSSR count). The first-order chi connectivity index (χ1) is 6.13. The highest BCUT2D eigenvalue weighted by molar-refractivity contribution is 5.86. The molecular weight excluding hydrogens is 170 g/mol. The molecule has 0 fully saturated rings. The SMILES string of the molecule is COC(=O)c1ccc(C[C@H](C)N)o1. The Morgan fingerprint density at radius 3 is 2.92 bits per heavy atom. The largest absolute Gasteiger partial charge is 0.463 e. The van der Waals surface area contributed by atoms with E-state index in [1.807, 2.05) is 6.92 Å². The molecule has 0 aromatic carbocycles. The lowest BCUT2D eigenvalue weighted by atomic mass is 10.2. The van der Waals surface area contributed by atoms with E-state index in [2.05, 4.69) is 4.74 Å². The van der Waals surface area contributed by atoms with E-state index >= 15 is 0 Å². The van der Waals surface area contributed by atoms with Crippen LogP contribution in [0.3, 0.4) is 0 Å². The number of hydrogen-bond donors (Lipinski definition) is 1. The lowest BCUT2D eigenvalue weighted by Crippen LogP contribution is -2.17. The standard InChI is InChI=1S/C9H13NO3/c1-6(10)5-7-3-4-8(13-7)9(11)12-2/h3-4,6H,5,10H2,1-2H3/t6-/m0/s1. The highest BCUT2D eigenvalue weighted by atomic mass is 16.5. The van der Waals surface area contributed by atoms with Gasteiger partial charge in [-0.1, -0.05) is 0 Å². The van der Waals surface area contributed by atoms with E-state index in [4.69, 9.17) is 10.2 Å². The van der Waals surface area contributed by atoms with Crippen LogP contribution in [0.2, 0.25) is 0 Å². The van der Waals surface area contributed by atoms with Crippen LogP contribution in [0.25, 0.3) is 0 Å². The van der Waals surface area contributed by atoms with E-state index in [0.717, 1.165) is 0 Å². The van der Waals surface area contributed by atoms with Crippen LogP contribution in [0, 0.1) is 0 Å². The molecule has 4 nitrogen and oxygen atoms in total. The molecule has 0 aliphatic carbocycles. The van der Waals surface area contributed by atoms with E-state index in [-0.39, 0.29) is 11.8 Å². The van der Waals surface area contributed by atoms with E-state index in [9.17, 15) is 4.79 Å². The summed E-state index contributed by atoms with van der Waals surface area (Å²) in [6.07, 6.45) is 0.622. The minimum Gasteiger partial charge on any atom is -0.463 e. The fourth-order valence-electron chi connectivity index (χ4n) is 1.02. The normalized spacial score (nSPS) is 12.5. The molecule has 0 spiro atoms. The number of rotatable bonds is 3. The summed E-state index contributed by atoms with van der Waals surface area (Å²) in [4.78, 5) is 11.0. The van der Waals surface area contributed by atoms with Gasteiger partial charge in [0, 0.05) is 12.5 Å². The number of hydrogen-bond acceptors (Lipinski definition) is 4. The first-order valence-corrected chi connectivity index (χ1v) is 4.06. The third kappa shape index (κ3) is 2.59. The average molecular weight is 183 g/mol. The summed E-state index contributed by atoms with van der Waals surface area (Å²) >= 11 is 0. The lowest BCUT2D eigenvalue weighted by Gasteiger charge is -1.99. The third-order valence-electron chi connectivity index (χ3n) is 1.57. The molecule has 0 amide bonds. The summed E-state index contributed by atoms with van der Waals surface area (Å²) in [7, 11) is 1.32. The van der Waals surface area contributed by atoms with Crippen molar-refractivity contribution in [2.75, 3.05) is 7.11 Å². The molecular formula is C9H13NO3. The van der Waals surface area contributed by atoms with Crippen molar-refractivity contribution < 1.29 is 13.9 Å². The summed E-state index contributed by atoms with van der Waals surface area (Å²) in [6, 6.07) is 3.34. The third-order valence-corrected chi connectivity index (χ3v) is 1.57. The molecule has 13 heavy (non-hydrogen) atoms. The number of esters is 1. The van der Waals surface area contributed by atoms with E-state index < -0.39 is 5.97 Å². The Bertz CT molecular complexity index is 291. The van der Waals surface area contributed by atoms with Crippen LogP contribution in [0.1, 0.15) is 23.2 Å². The smallest absolute Gasteiger partial charge is 0.373 e. The fraction of sp³-hybridized carbons (Fsp3) is 0.444. The van der Waals surface area contributed by atoms with Gasteiger partial charge in [-0.05, 0) is 19.1 Å². The maximum absolute atomic E-state index is 11.0. The summed E-state index contributed by atoms with van der Waals surface area (Å²) in [5.74, 6) is 0.462. The molecule has 1 aromatic heterocycles. The summed E-state index contributed by atoms with van der Waals surface area (Å²) in [6.45, 7) is 1.88. The van der Waals surface area contributed by atoms with Crippen LogP contribution < -0.4 is 5.73 Å². The predicted octanol–water partition coefficient (Wildman–Crippen LogP) is 0.956. The molecule has 4 heteroatoms. The quantitative estimate of drug-likeness (QED) is 0.709. The maximum atomic E-state index is 11.0. The van der Waals surface area contributed by atoms with Gasteiger partial charge in [-0.25, -0.2) is 4.79 Å². The van der Waals surface area contributed by atoms with Crippen molar-refractivity contribution in [1.29, 1.82) is 0 Å². The Balaban J connectivity index is 2.69. The number of nitrogens with two attached hydrogens (primary N) is 1. The van der Waals surface area contributed by atoms with Gasteiger partial charge < -0.3 is 14.9 Å². The number of furan rings is 1. The van der Waals surface area contributed by atoms with Gasteiger partial charge in [0.1, 0.15) is 5.76 Å². The van der Waals surface area contributed by atoms with Gasteiger partial charge in [0.25, 0.3) is 0 Å². The van der Waals surface area contributed by atoms with E-state index in [1.54, 1.807) is 12.1 Å². The van der Waals surface area contributed by atoms with Gasteiger partial charge in [-0.2, -0.15) is 0 Å². The Hall–Kier alpha value is -1.29. The highest BCUT2D eigenvalue weighted by Gasteiger charge is 2.11. The van der Waals surface area contributed by atoms with Crippen LogP contribution in [-0.4, -0.2) is 19.1 Å². The molecule has 72 valence electrons. The average Bonchev–Trinajstić information content (AvgIpc) is 2.50. The number of ether oxygens (including phenoxy) is 1. The van der Waals surface area contributed by atoms with Crippen molar-refractivity contribution >= 4 is 5.97 Å². The Labute approximate surface area is 76.7 Å². The second kappa shape index (κ2) is 4.09. The van der Waals surface area contributed by atoms with Crippen LogP contribution in [0.4, 0.5) is 0 Å². The van der Waals surface area contributed by atoms with Crippen molar-refractivity contribution in [3.63, 3.8) is 0 Å². The molecule has 2 N–H and O–H groups in total. The van der Waals surface area contributed by atoms with Crippen molar-refractivity contribution in [2.45, 2.75) is 19.4 Å². The van der Waals surface area contributed by atoms with Gasteiger partial charge in [-0.3, -0.25) is 0 Å². The minimum atomic E-state index is -0.462. The number of carbonyl (C=O) groups is 1. The topological polar surface area (TPSA) is 65.5 Å². The molecule has 1 heterocycles. The van der Waals surface area contributed by atoms with Gasteiger partial charge >= 0.3 is 5.97 Å². The molecule has 0 bridgehead atoms. The van der Waals surface area contributed by atoms with Crippen LogP contribution >= 0.6 is 0 Å². The molecule has 0 radical (unpaired) electrons. The molecule has 1 aromatic rings. The van der Waals surface area contributed by atoms with Crippen LogP contribution in [0.15, 0.2) is 16.5 Å². The van der Waals surface area contributed by atoms with Crippen molar-refractivity contribution in [3.05, 3.63) is 23.7 Å². The second-order valence-electron chi connectivity index (χ2n) is 2.94. The zero-order valence-corrected chi connectivity index (χ0v) is 7.74. The summed E-state index contributed by atoms with van der Waals surface area (Å²) in [5, 5.41) is 0. The van der Waals surface area contributed by atoms with Crippen molar-refractivity contribution in [2.24, 2.45) is 5.73 Å². The first-order valence-electron chi connectivity index (χ1n) is 4.06. The maximum Gasteiger partial charge on any atom is 0.373 e. The zero-order chi connectivity index (χ0) is 9.84. The molecule has 0 aliphatic rings. The van der Waals surface area contributed by atoms with E-state index in [1.165, 1.54) is 7.11 Å². The Morgan fingerprint density at radius 2 is 2.38 bits per heavy atom. The molecule has 0 saturated carbocycles. The van der Waals surface area contributed by atoms with Gasteiger partial charge in [0.15, 0.2) is 0 Å². The Morgan fingerprint density at radius 1 is 1.69 bits per heavy atom. The van der Waals surface area contributed by atoms with Crippen molar-refractivity contribution in [1.82, 2.24) is 0 Å². The number of methoxy groups -OCH3 is 1. The van der Waals surface area contributed by atoms with Gasteiger partial charge in [0.2, 0.25) is 5.76 Å².